The fraction of sp³-hybridized carbons (Fsp3) is 0.333. The van der Waals surface area contributed by atoms with Gasteiger partial charge < -0.3 is 10.5 Å². The zero-order chi connectivity index (χ0) is 9.84. The second-order valence-electron chi connectivity index (χ2n) is 2.02. The van der Waals surface area contributed by atoms with Crippen molar-refractivity contribution in [3.63, 3.8) is 0 Å². The fourth-order valence-electron chi connectivity index (χ4n) is 0.686. The summed E-state index contributed by atoms with van der Waals surface area (Å²) in [4.78, 5) is 14.6. The minimum Gasteiger partial charge on any atom is -0.466 e. The lowest BCUT2D eigenvalue weighted by atomic mass is 10.4. The summed E-state index contributed by atoms with van der Waals surface area (Å²) in [5.41, 5.74) is 5.16. The number of hydrogen-bond donors (Lipinski definition) is 1. The van der Waals surface area contributed by atoms with Gasteiger partial charge in [0.25, 0.3) is 5.91 Å². The van der Waals surface area contributed by atoms with Gasteiger partial charge in [-0.15, -0.1) is 16.9 Å². The summed E-state index contributed by atoms with van der Waals surface area (Å²) in [6, 6.07) is 0.0339. The lowest BCUT2D eigenvalue weighted by Gasteiger charge is -2.01. The van der Waals surface area contributed by atoms with Crippen LogP contribution in [-0.4, -0.2) is 34.5 Å². The van der Waals surface area contributed by atoms with Crippen molar-refractivity contribution in [1.29, 1.82) is 0 Å². The summed E-state index contributed by atoms with van der Waals surface area (Å²) < 4.78 is 4.70. The lowest BCUT2D eigenvalue weighted by molar-refractivity contribution is 0.0990. The van der Waals surface area contributed by atoms with E-state index in [1.165, 1.54) is 18.9 Å². The van der Waals surface area contributed by atoms with Crippen LogP contribution in [0.2, 0.25) is 0 Å². The number of hydrogen-bond acceptors (Lipinski definition) is 6. The van der Waals surface area contributed by atoms with E-state index in [4.69, 9.17) is 10.5 Å². The molecule has 6 nitrogen and oxygen atoms in total. The van der Waals surface area contributed by atoms with E-state index in [9.17, 15) is 4.79 Å². The van der Waals surface area contributed by atoms with Crippen LogP contribution < -0.4 is 10.5 Å². The van der Waals surface area contributed by atoms with Gasteiger partial charge in [0, 0.05) is 0 Å². The molecule has 1 aromatic heterocycles. The van der Waals surface area contributed by atoms with Crippen LogP contribution in [0.5, 0.6) is 6.01 Å². The smallest absolute Gasteiger partial charge is 0.336 e. The highest BCUT2D eigenvalue weighted by Gasteiger charge is 2.13. The number of rotatable bonds is 3. The molecule has 0 atom stereocenters. The van der Waals surface area contributed by atoms with Crippen molar-refractivity contribution >= 4 is 17.7 Å². The Hall–Kier alpha value is -1.37. The Balaban J connectivity index is 3.18. The summed E-state index contributed by atoms with van der Waals surface area (Å²) in [5.74, 6) is -0.641. The Bertz CT molecular complexity index is 330. The molecule has 70 valence electrons. The molecule has 0 radical (unpaired) electrons. The monoisotopic (exact) mass is 200 g/mol. The van der Waals surface area contributed by atoms with Crippen molar-refractivity contribution in [3.05, 3.63) is 5.69 Å². The Kier molecular flexibility index (Phi) is 3.02. The maximum Gasteiger partial charge on any atom is 0.336 e. The largest absolute Gasteiger partial charge is 0.466 e. The molecule has 0 aromatic carbocycles. The molecule has 0 saturated carbocycles. The third kappa shape index (κ3) is 2.05. The van der Waals surface area contributed by atoms with Gasteiger partial charge in [0.05, 0.1) is 7.11 Å². The first-order chi connectivity index (χ1) is 6.19. The van der Waals surface area contributed by atoms with Gasteiger partial charge in [0.2, 0.25) is 0 Å². The molecule has 2 N–H and O–H groups in total. The Morgan fingerprint density at radius 2 is 2.23 bits per heavy atom. The zero-order valence-electron chi connectivity index (χ0n) is 7.14. The first kappa shape index (κ1) is 9.72. The predicted octanol–water partition coefficient (Wildman–Crippen LogP) is -0.299. The van der Waals surface area contributed by atoms with Crippen LogP contribution in [0.3, 0.4) is 0 Å². The molecule has 1 heterocycles. The van der Waals surface area contributed by atoms with E-state index in [1.54, 1.807) is 6.26 Å². The molecule has 0 unspecified atom stereocenters. The summed E-state index contributed by atoms with van der Waals surface area (Å²) in [6.45, 7) is 0. The van der Waals surface area contributed by atoms with Crippen LogP contribution >= 0.6 is 11.8 Å². The van der Waals surface area contributed by atoms with Crippen LogP contribution in [0.1, 0.15) is 10.5 Å². The van der Waals surface area contributed by atoms with Crippen LogP contribution in [0.25, 0.3) is 0 Å². The number of ether oxygens (including phenoxy) is 1. The normalized spacial score (nSPS) is 9.69. The van der Waals surface area contributed by atoms with Crippen molar-refractivity contribution in [2.75, 3.05) is 13.4 Å². The number of amides is 1. The molecular formula is C6H8N4O2S. The molecule has 13 heavy (non-hydrogen) atoms. The van der Waals surface area contributed by atoms with Crippen LogP contribution in [0.15, 0.2) is 5.03 Å². The third-order valence-corrected chi connectivity index (χ3v) is 1.91. The minimum absolute atomic E-state index is 0.0339. The van der Waals surface area contributed by atoms with Gasteiger partial charge in [-0.25, -0.2) is 0 Å². The summed E-state index contributed by atoms with van der Waals surface area (Å²) in [7, 11) is 1.39. The zero-order valence-corrected chi connectivity index (χ0v) is 7.96. The fourth-order valence-corrected chi connectivity index (χ4v) is 1.15. The van der Waals surface area contributed by atoms with Crippen molar-refractivity contribution in [3.8, 4) is 6.01 Å². The van der Waals surface area contributed by atoms with Gasteiger partial charge in [-0.05, 0) is 6.26 Å². The topological polar surface area (TPSA) is 91.0 Å². The maximum absolute atomic E-state index is 10.9. The van der Waals surface area contributed by atoms with Crippen molar-refractivity contribution in [2.24, 2.45) is 5.73 Å². The molecule has 0 bridgehead atoms. The Labute approximate surface area is 78.9 Å². The van der Waals surface area contributed by atoms with E-state index < -0.39 is 5.91 Å². The van der Waals surface area contributed by atoms with E-state index in [1.807, 2.05) is 0 Å². The molecule has 0 aliphatic heterocycles. The molecule has 7 heteroatoms. The van der Waals surface area contributed by atoms with Gasteiger partial charge in [0.1, 0.15) is 0 Å². The van der Waals surface area contributed by atoms with Gasteiger partial charge in [-0.2, -0.15) is 4.98 Å². The molecule has 0 saturated heterocycles. The molecule has 0 fully saturated rings. The summed E-state index contributed by atoms with van der Waals surface area (Å²) in [6.07, 6.45) is 1.75. The molecule has 0 aliphatic carbocycles. The maximum atomic E-state index is 10.9. The first-order valence-corrected chi connectivity index (χ1v) is 4.54. The Morgan fingerprint density at radius 1 is 1.54 bits per heavy atom. The predicted molar refractivity (Wildman–Crippen MR) is 46.7 cm³/mol. The number of nitrogens with two attached hydrogens (primary N) is 1. The SMILES string of the molecule is COc1nnc(SC)c(C(N)=O)n1. The molecule has 0 spiro atoms. The van der Waals surface area contributed by atoms with Crippen molar-refractivity contribution in [1.82, 2.24) is 15.2 Å². The third-order valence-electron chi connectivity index (χ3n) is 1.25. The summed E-state index contributed by atoms with van der Waals surface area (Å²) in [5, 5.41) is 7.71. The average Bonchev–Trinajstić information content (AvgIpc) is 2.16. The van der Waals surface area contributed by atoms with Gasteiger partial charge >= 0.3 is 6.01 Å². The average molecular weight is 200 g/mol. The number of primary amides is 1. The standard InChI is InChI=1S/C6H8N4O2S/c1-12-6-8-3(4(7)11)5(13-2)9-10-6/h1-2H3,(H2,7,11). The molecule has 0 aliphatic rings. The highest BCUT2D eigenvalue weighted by molar-refractivity contribution is 7.98. The van der Waals surface area contributed by atoms with Gasteiger partial charge in [0.15, 0.2) is 10.7 Å². The van der Waals surface area contributed by atoms with Crippen LogP contribution in [0.4, 0.5) is 0 Å². The molecule has 1 rings (SSSR count). The van der Waals surface area contributed by atoms with E-state index in [2.05, 4.69) is 15.2 Å². The van der Waals surface area contributed by atoms with Gasteiger partial charge in [-0.1, -0.05) is 5.10 Å². The highest BCUT2D eigenvalue weighted by Crippen LogP contribution is 2.15. The summed E-state index contributed by atoms with van der Waals surface area (Å²) >= 11 is 1.25. The minimum atomic E-state index is -0.641. The quantitative estimate of drug-likeness (QED) is 0.673. The van der Waals surface area contributed by atoms with Crippen LogP contribution in [-0.2, 0) is 0 Å². The number of nitrogens with zero attached hydrogens (tertiary/aromatic N) is 3. The number of methoxy groups -OCH3 is 1. The van der Waals surface area contributed by atoms with Gasteiger partial charge in [-0.3, -0.25) is 4.79 Å². The second-order valence-corrected chi connectivity index (χ2v) is 2.82. The highest BCUT2D eigenvalue weighted by atomic mass is 32.2. The number of thioether (sulfide) groups is 1. The van der Waals surface area contributed by atoms with E-state index in [-0.39, 0.29) is 11.7 Å². The first-order valence-electron chi connectivity index (χ1n) is 3.31. The molecular weight excluding hydrogens is 192 g/mol. The number of carbonyl (C=O) groups is 1. The molecule has 1 amide bonds. The number of carbonyl (C=O) groups excluding carboxylic acids is 1. The van der Waals surface area contributed by atoms with Crippen molar-refractivity contribution < 1.29 is 9.53 Å². The van der Waals surface area contributed by atoms with E-state index in [0.29, 0.717) is 5.03 Å². The molecule has 1 aromatic rings. The Morgan fingerprint density at radius 3 is 2.69 bits per heavy atom. The van der Waals surface area contributed by atoms with Crippen LogP contribution in [0, 0.1) is 0 Å². The van der Waals surface area contributed by atoms with E-state index >= 15 is 0 Å². The van der Waals surface area contributed by atoms with Crippen molar-refractivity contribution in [2.45, 2.75) is 5.03 Å². The lowest BCUT2D eigenvalue weighted by Crippen LogP contribution is -2.16. The second kappa shape index (κ2) is 4.04. The van der Waals surface area contributed by atoms with E-state index in [0.717, 1.165) is 0 Å². The number of aromatic nitrogens is 3.